The number of hydrogen-bond donors (Lipinski definition) is 0. The predicted molar refractivity (Wildman–Crippen MR) is 119 cm³/mol. The average Bonchev–Trinajstić information content (AvgIpc) is 2.82. The molecule has 0 aliphatic carbocycles. The predicted octanol–water partition coefficient (Wildman–Crippen LogP) is 4.98. The average molecular weight is 453 g/mol. The molecule has 0 radical (unpaired) electrons. The molecule has 0 spiro atoms. The molecule has 33 heavy (non-hydrogen) atoms. The smallest absolute Gasteiger partial charge is 0.416 e. The Balaban J connectivity index is 1.90. The molecule has 4 rings (SSSR count). The zero-order chi connectivity index (χ0) is 23.6. The highest BCUT2D eigenvalue weighted by atomic mass is 19.4. The van der Waals surface area contributed by atoms with Crippen molar-refractivity contribution < 1.29 is 22.6 Å². The van der Waals surface area contributed by atoms with Crippen molar-refractivity contribution in [1.29, 1.82) is 0 Å². The molecular formula is C24H18F3N3O3. The van der Waals surface area contributed by atoms with E-state index in [-0.39, 0.29) is 16.8 Å². The van der Waals surface area contributed by atoms with Crippen LogP contribution in [-0.2, 0) is 6.18 Å². The number of rotatable bonds is 5. The second-order valence-electron chi connectivity index (χ2n) is 7.01. The zero-order valence-corrected chi connectivity index (χ0v) is 17.6. The summed E-state index contributed by atoms with van der Waals surface area (Å²) in [5.41, 5.74) is -0.310. The van der Waals surface area contributed by atoms with E-state index in [9.17, 15) is 18.0 Å². The van der Waals surface area contributed by atoms with Gasteiger partial charge in [-0.25, -0.2) is 4.98 Å². The Labute approximate surface area is 186 Å². The fourth-order valence-corrected chi connectivity index (χ4v) is 3.31. The number of methoxy groups -OCH3 is 2. The fraction of sp³-hybridized carbons (Fsp3) is 0.125. The molecule has 4 aromatic rings. The van der Waals surface area contributed by atoms with E-state index in [4.69, 9.17) is 9.47 Å². The molecule has 0 aliphatic rings. The van der Waals surface area contributed by atoms with Gasteiger partial charge in [0.25, 0.3) is 5.56 Å². The molecule has 0 amide bonds. The fourth-order valence-electron chi connectivity index (χ4n) is 3.31. The van der Waals surface area contributed by atoms with Crippen molar-refractivity contribution in [3.05, 3.63) is 88.2 Å². The highest BCUT2D eigenvalue weighted by Gasteiger charge is 2.30. The minimum absolute atomic E-state index is 0.0125. The van der Waals surface area contributed by atoms with Crippen LogP contribution in [0.5, 0.6) is 11.5 Å². The van der Waals surface area contributed by atoms with Gasteiger partial charge in [0, 0.05) is 5.56 Å². The lowest BCUT2D eigenvalue weighted by molar-refractivity contribution is -0.137. The summed E-state index contributed by atoms with van der Waals surface area (Å²) in [5.74, 6) is 0.967. The van der Waals surface area contributed by atoms with Crippen LogP contribution in [0, 0.1) is 0 Å². The maximum Gasteiger partial charge on any atom is 0.416 e. The number of alkyl halides is 3. The van der Waals surface area contributed by atoms with Gasteiger partial charge in [0.2, 0.25) is 0 Å². The normalized spacial score (nSPS) is 11.8. The summed E-state index contributed by atoms with van der Waals surface area (Å²) in [6.07, 6.45) is -3.14. The van der Waals surface area contributed by atoms with Crippen molar-refractivity contribution in [3.8, 4) is 22.9 Å². The molecule has 168 valence electrons. The van der Waals surface area contributed by atoms with Crippen LogP contribution in [0.25, 0.3) is 22.3 Å². The maximum absolute atomic E-state index is 13.3. The van der Waals surface area contributed by atoms with Gasteiger partial charge < -0.3 is 9.47 Å². The number of hydrogen-bond acceptors (Lipinski definition) is 5. The van der Waals surface area contributed by atoms with Crippen LogP contribution in [0.1, 0.15) is 11.1 Å². The Morgan fingerprint density at radius 3 is 2.42 bits per heavy atom. The first kappa shape index (κ1) is 22.1. The van der Waals surface area contributed by atoms with Gasteiger partial charge in [0.15, 0.2) is 17.3 Å². The summed E-state index contributed by atoms with van der Waals surface area (Å²) in [6.45, 7) is 0. The largest absolute Gasteiger partial charge is 0.493 e. The van der Waals surface area contributed by atoms with E-state index in [1.165, 1.54) is 32.6 Å². The lowest BCUT2D eigenvalue weighted by Crippen LogP contribution is -2.20. The number of fused-ring (bicyclic) bond motifs is 1. The van der Waals surface area contributed by atoms with E-state index >= 15 is 0 Å². The number of benzene rings is 3. The monoisotopic (exact) mass is 453 g/mol. The molecule has 1 heterocycles. The van der Waals surface area contributed by atoms with E-state index in [1.807, 2.05) is 0 Å². The van der Waals surface area contributed by atoms with Crippen LogP contribution in [-0.4, -0.2) is 30.1 Å². The van der Waals surface area contributed by atoms with Gasteiger partial charge in [0.05, 0.1) is 36.9 Å². The van der Waals surface area contributed by atoms with Crippen LogP contribution < -0.4 is 15.0 Å². The highest BCUT2D eigenvalue weighted by Crippen LogP contribution is 2.32. The van der Waals surface area contributed by atoms with Crippen molar-refractivity contribution in [3.63, 3.8) is 0 Å². The van der Waals surface area contributed by atoms with Gasteiger partial charge >= 0.3 is 6.18 Å². The summed E-state index contributed by atoms with van der Waals surface area (Å²) in [5, 5.41) is 4.55. The lowest BCUT2D eigenvalue weighted by Gasteiger charge is -2.12. The molecule has 0 unspecified atom stereocenters. The maximum atomic E-state index is 13.3. The minimum atomic E-state index is -4.54. The van der Waals surface area contributed by atoms with Crippen LogP contribution in [0.4, 0.5) is 13.2 Å². The summed E-state index contributed by atoms with van der Waals surface area (Å²) in [4.78, 5) is 17.6. The van der Waals surface area contributed by atoms with Crippen LogP contribution in [0.3, 0.4) is 0 Å². The summed E-state index contributed by atoms with van der Waals surface area (Å²) in [6, 6.07) is 16.2. The van der Waals surface area contributed by atoms with Crippen molar-refractivity contribution in [2.75, 3.05) is 14.2 Å². The Morgan fingerprint density at radius 2 is 1.70 bits per heavy atom. The number of halogens is 3. The Hall–Kier alpha value is -4.14. The molecule has 0 aliphatic heterocycles. The van der Waals surface area contributed by atoms with Crippen molar-refractivity contribution in [2.45, 2.75) is 6.18 Å². The number of nitrogens with zero attached hydrogens (tertiary/aromatic N) is 3. The Morgan fingerprint density at radius 1 is 0.939 bits per heavy atom. The second-order valence-corrected chi connectivity index (χ2v) is 7.01. The first-order valence-electron chi connectivity index (χ1n) is 9.77. The summed E-state index contributed by atoms with van der Waals surface area (Å²) < 4.78 is 51.3. The first-order valence-corrected chi connectivity index (χ1v) is 9.77. The van der Waals surface area contributed by atoms with Gasteiger partial charge in [-0.1, -0.05) is 24.3 Å². The van der Waals surface area contributed by atoms with E-state index in [0.29, 0.717) is 22.6 Å². The Bertz CT molecular complexity index is 1410. The third kappa shape index (κ3) is 4.43. The Kier molecular flexibility index (Phi) is 5.87. The number of aromatic nitrogens is 2. The molecule has 0 saturated carbocycles. The third-order valence-corrected chi connectivity index (χ3v) is 4.93. The van der Waals surface area contributed by atoms with Gasteiger partial charge in [-0.15, -0.1) is 0 Å². The molecular weight excluding hydrogens is 435 g/mol. The molecule has 0 atom stereocenters. The van der Waals surface area contributed by atoms with Crippen molar-refractivity contribution in [2.24, 2.45) is 5.10 Å². The zero-order valence-electron chi connectivity index (χ0n) is 17.6. The van der Waals surface area contributed by atoms with Crippen LogP contribution in [0.2, 0.25) is 0 Å². The molecule has 0 fully saturated rings. The number of ether oxygens (including phenoxy) is 2. The van der Waals surface area contributed by atoms with E-state index in [2.05, 4.69) is 10.1 Å². The van der Waals surface area contributed by atoms with Crippen LogP contribution in [0.15, 0.2) is 76.6 Å². The van der Waals surface area contributed by atoms with Crippen molar-refractivity contribution >= 4 is 17.1 Å². The van der Waals surface area contributed by atoms with E-state index in [1.54, 1.807) is 42.5 Å². The van der Waals surface area contributed by atoms with Gasteiger partial charge in [-0.3, -0.25) is 4.79 Å². The highest BCUT2D eigenvalue weighted by molar-refractivity contribution is 5.82. The SMILES string of the molecule is COc1ccc(C=Nn2c(-c3cccc(C(F)(F)F)c3)nc3ccccc3c2=O)cc1OC. The van der Waals surface area contributed by atoms with E-state index < -0.39 is 17.3 Å². The molecule has 3 aromatic carbocycles. The van der Waals surface area contributed by atoms with Gasteiger partial charge in [-0.05, 0) is 48.0 Å². The van der Waals surface area contributed by atoms with Gasteiger partial charge in [0.1, 0.15) is 0 Å². The third-order valence-electron chi connectivity index (χ3n) is 4.93. The van der Waals surface area contributed by atoms with Gasteiger partial charge in [-0.2, -0.15) is 22.9 Å². The van der Waals surface area contributed by atoms with Crippen LogP contribution >= 0.6 is 0 Å². The minimum Gasteiger partial charge on any atom is -0.493 e. The summed E-state index contributed by atoms with van der Waals surface area (Å²) in [7, 11) is 3.00. The second kappa shape index (κ2) is 8.78. The lowest BCUT2D eigenvalue weighted by atomic mass is 10.1. The molecule has 9 heteroatoms. The topological polar surface area (TPSA) is 65.7 Å². The standard InChI is InChI=1S/C24H18F3N3O3/c1-32-20-11-10-15(12-21(20)33-2)14-28-30-22(16-6-5-7-17(13-16)24(25,26)27)29-19-9-4-3-8-18(19)23(30)31/h3-14H,1-2H3. The molecule has 0 saturated heterocycles. The summed E-state index contributed by atoms with van der Waals surface area (Å²) >= 11 is 0. The molecule has 6 nitrogen and oxygen atoms in total. The first-order chi connectivity index (χ1) is 15.8. The molecule has 1 aromatic heterocycles. The van der Waals surface area contributed by atoms with Crippen molar-refractivity contribution in [1.82, 2.24) is 9.66 Å². The molecule has 0 bridgehead atoms. The molecule has 0 N–H and O–H groups in total. The van der Waals surface area contributed by atoms with E-state index in [0.717, 1.165) is 16.8 Å². The number of para-hydroxylation sites is 1. The quantitative estimate of drug-likeness (QED) is 0.400.